The van der Waals surface area contributed by atoms with E-state index >= 15 is 0 Å². The predicted molar refractivity (Wildman–Crippen MR) is 53.4 cm³/mol. The van der Waals surface area contributed by atoms with Gasteiger partial charge < -0.3 is 0 Å². The van der Waals surface area contributed by atoms with E-state index in [9.17, 15) is 21.6 Å². The van der Waals surface area contributed by atoms with Crippen molar-refractivity contribution in [3.63, 3.8) is 0 Å². The second kappa shape index (κ2) is 4.29. The molecule has 1 aromatic rings. The van der Waals surface area contributed by atoms with E-state index in [2.05, 4.69) is 0 Å². The van der Waals surface area contributed by atoms with E-state index < -0.39 is 20.9 Å². The van der Waals surface area contributed by atoms with Crippen LogP contribution < -0.4 is 0 Å². The maximum atomic E-state index is 12.0. The van der Waals surface area contributed by atoms with Gasteiger partial charge in [-0.1, -0.05) is 18.2 Å². The lowest BCUT2D eigenvalue weighted by atomic mass is 10.4. The molecule has 2 nitrogen and oxygen atoms in total. The van der Waals surface area contributed by atoms with E-state index in [1.807, 2.05) is 0 Å². The molecule has 0 aromatic heterocycles. The molecule has 0 N–H and O–H groups in total. The fraction of sp³-hybridized carbons (Fsp3) is 0.200. The van der Waals surface area contributed by atoms with Crippen LogP contribution in [0.3, 0.4) is 0 Å². The quantitative estimate of drug-likeness (QED) is 0.808. The summed E-state index contributed by atoms with van der Waals surface area (Å²) in [5.41, 5.74) is 0. The second-order valence-corrected chi connectivity index (χ2v) is 5.24. The molecule has 0 aliphatic heterocycles. The van der Waals surface area contributed by atoms with Crippen LogP contribution in [0.1, 0.15) is 6.92 Å². The number of alkyl halides is 3. The lowest BCUT2D eigenvalue weighted by Crippen LogP contribution is -2.08. The summed E-state index contributed by atoms with van der Waals surface area (Å²) in [5, 5.41) is 0. The Kier molecular flexibility index (Phi) is 3.42. The average Bonchev–Trinajstić information content (AvgIpc) is 2.16. The van der Waals surface area contributed by atoms with E-state index in [1.54, 1.807) is 6.07 Å². The Balaban J connectivity index is 3.20. The molecule has 0 fully saturated rings. The van der Waals surface area contributed by atoms with Crippen LogP contribution in [-0.4, -0.2) is 14.6 Å². The Morgan fingerprint density at radius 3 is 2.12 bits per heavy atom. The maximum absolute atomic E-state index is 12.0. The molecule has 0 saturated carbocycles. The molecule has 6 heteroatoms. The first kappa shape index (κ1) is 12.8. The molecule has 0 spiro atoms. The summed E-state index contributed by atoms with van der Waals surface area (Å²) >= 11 is 0. The Hall–Kier alpha value is -1.30. The highest BCUT2D eigenvalue weighted by molar-refractivity contribution is 7.95. The molecule has 0 aliphatic carbocycles. The van der Waals surface area contributed by atoms with Crippen molar-refractivity contribution in [3.8, 4) is 0 Å². The van der Waals surface area contributed by atoms with Crippen LogP contribution in [0, 0.1) is 0 Å². The molecule has 16 heavy (non-hydrogen) atoms. The summed E-state index contributed by atoms with van der Waals surface area (Å²) in [6.45, 7) is 0.926. The molecule has 0 saturated heterocycles. The van der Waals surface area contributed by atoms with Gasteiger partial charge >= 0.3 is 6.18 Å². The lowest BCUT2D eigenvalue weighted by molar-refractivity contribution is -0.0801. The number of allylic oxidation sites excluding steroid dienone is 2. The zero-order valence-electron chi connectivity index (χ0n) is 8.32. The monoisotopic (exact) mass is 250 g/mol. The molecule has 88 valence electrons. The van der Waals surface area contributed by atoms with Crippen molar-refractivity contribution in [2.75, 3.05) is 0 Å². The van der Waals surface area contributed by atoms with Crippen molar-refractivity contribution in [1.82, 2.24) is 0 Å². The number of rotatable bonds is 2. The molecule has 0 atom stereocenters. The van der Waals surface area contributed by atoms with Gasteiger partial charge in [0.05, 0.1) is 9.80 Å². The van der Waals surface area contributed by atoms with Crippen molar-refractivity contribution in [2.45, 2.75) is 18.0 Å². The molecule has 0 bridgehead atoms. The lowest BCUT2D eigenvalue weighted by Gasteiger charge is -2.06. The number of halogens is 3. The van der Waals surface area contributed by atoms with Gasteiger partial charge in [0.15, 0.2) is 0 Å². The summed E-state index contributed by atoms with van der Waals surface area (Å²) in [5.74, 6) is 0. The Labute approximate surface area is 91.3 Å². The van der Waals surface area contributed by atoms with E-state index in [0.717, 1.165) is 6.92 Å². The van der Waals surface area contributed by atoms with Gasteiger partial charge in [-0.15, -0.1) is 0 Å². The highest BCUT2D eigenvalue weighted by Crippen LogP contribution is 2.24. The fourth-order valence-corrected chi connectivity index (χ4v) is 2.27. The zero-order valence-corrected chi connectivity index (χ0v) is 9.14. The number of benzene rings is 1. The molecule has 0 aliphatic rings. The predicted octanol–water partition coefficient (Wildman–Crippen LogP) is 2.93. The minimum absolute atomic E-state index is 0.145. The smallest absolute Gasteiger partial charge is 0.219 e. The molecule has 0 heterocycles. The summed E-state index contributed by atoms with van der Waals surface area (Å²) in [4.78, 5) is -0.862. The van der Waals surface area contributed by atoms with Gasteiger partial charge in [-0.25, -0.2) is 8.42 Å². The van der Waals surface area contributed by atoms with E-state index in [0.29, 0.717) is 0 Å². The normalized spacial score (nSPS) is 13.9. The van der Waals surface area contributed by atoms with Gasteiger partial charge in [-0.3, -0.25) is 0 Å². The minimum Gasteiger partial charge on any atom is -0.219 e. The molecule has 0 amide bonds. The van der Waals surface area contributed by atoms with Crippen LogP contribution in [-0.2, 0) is 9.84 Å². The van der Waals surface area contributed by atoms with Crippen LogP contribution in [0.25, 0.3) is 0 Å². The standard InChI is InChI=1S/C10H9F3O2S/c1-8(7-10(11,12)13)16(14,15)9-5-3-2-4-6-9/h2-7H,1H3. The average molecular weight is 250 g/mol. The van der Waals surface area contributed by atoms with Crippen molar-refractivity contribution < 1.29 is 21.6 Å². The van der Waals surface area contributed by atoms with E-state index in [4.69, 9.17) is 0 Å². The van der Waals surface area contributed by atoms with Crippen molar-refractivity contribution in [2.24, 2.45) is 0 Å². The molecular weight excluding hydrogens is 241 g/mol. The van der Waals surface area contributed by atoms with Gasteiger partial charge in [-0.2, -0.15) is 13.2 Å². The highest BCUT2D eigenvalue weighted by atomic mass is 32.2. The first-order valence-electron chi connectivity index (χ1n) is 4.30. The summed E-state index contributed by atoms with van der Waals surface area (Å²) < 4.78 is 59.3. The first-order chi connectivity index (χ1) is 7.23. The minimum atomic E-state index is -4.63. The summed E-state index contributed by atoms with van der Waals surface area (Å²) in [6.07, 6.45) is -4.85. The van der Waals surface area contributed by atoms with Gasteiger partial charge in [-0.05, 0) is 19.1 Å². The van der Waals surface area contributed by atoms with Crippen molar-refractivity contribution >= 4 is 9.84 Å². The zero-order chi connectivity index (χ0) is 12.4. The third kappa shape index (κ3) is 3.10. The third-order valence-corrected chi connectivity index (χ3v) is 3.70. The third-order valence-electron chi connectivity index (χ3n) is 1.84. The van der Waals surface area contributed by atoms with Gasteiger partial charge in [0.1, 0.15) is 0 Å². The molecular formula is C10H9F3O2S. The number of sulfone groups is 1. The molecule has 1 aromatic carbocycles. The highest BCUT2D eigenvalue weighted by Gasteiger charge is 2.28. The fourth-order valence-electron chi connectivity index (χ4n) is 1.09. The van der Waals surface area contributed by atoms with Crippen molar-refractivity contribution in [1.29, 1.82) is 0 Å². The van der Waals surface area contributed by atoms with Crippen LogP contribution >= 0.6 is 0 Å². The van der Waals surface area contributed by atoms with Gasteiger partial charge in [0.25, 0.3) is 0 Å². The van der Waals surface area contributed by atoms with Gasteiger partial charge in [0.2, 0.25) is 9.84 Å². The van der Waals surface area contributed by atoms with Crippen molar-refractivity contribution in [3.05, 3.63) is 41.3 Å². The summed E-state index contributed by atoms with van der Waals surface area (Å²) in [6, 6.07) is 7.00. The van der Waals surface area contributed by atoms with Crippen LogP contribution in [0.15, 0.2) is 46.2 Å². The largest absolute Gasteiger partial charge is 0.410 e. The second-order valence-electron chi connectivity index (χ2n) is 3.11. The maximum Gasteiger partial charge on any atom is 0.410 e. The number of hydrogen-bond donors (Lipinski definition) is 0. The molecule has 1 rings (SSSR count). The topological polar surface area (TPSA) is 34.1 Å². The number of hydrogen-bond acceptors (Lipinski definition) is 2. The first-order valence-corrected chi connectivity index (χ1v) is 5.78. The Bertz CT molecular complexity index is 487. The van der Waals surface area contributed by atoms with E-state index in [-0.39, 0.29) is 11.0 Å². The van der Waals surface area contributed by atoms with Gasteiger partial charge in [0, 0.05) is 6.08 Å². The van der Waals surface area contributed by atoms with Crippen LogP contribution in [0.4, 0.5) is 13.2 Å². The van der Waals surface area contributed by atoms with Crippen LogP contribution in [0.2, 0.25) is 0 Å². The Morgan fingerprint density at radius 1 is 1.19 bits per heavy atom. The molecule has 0 radical (unpaired) electrons. The SMILES string of the molecule is CC(=CC(F)(F)F)S(=O)(=O)c1ccccc1. The Morgan fingerprint density at radius 2 is 1.69 bits per heavy atom. The van der Waals surface area contributed by atoms with Crippen LogP contribution in [0.5, 0.6) is 0 Å². The van der Waals surface area contributed by atoms with E-state index in [1.165, 1.54) is 24.3 Å². The molecule has 0 unspecified atom stereocenters. The summed E-state index contributed by atoms with van der Waals surface area (Å²) in [7, 11) is -4.03.